The summed E-state index contributed by atoms with van der Waals surface area (Å²) in [6.45, 7) is 1.81. The number of primary amides is 1. The number of halogens is 1. The van der Waals surface area contributed by atoms with Crippen molar-refractivity contribution in [1.29, 1.82) is 0 Å². The first-order valence-corrected chi connectivity index (χ1v) is 9.01. The Kier molecular flexibility index (Phi) is 7.49. The highest BCUT2D eigenvalue weighted by atomic mass is 35.5. The molecule has 144 valence electrons. The summed E-state index contributed by atoms with van der Waals surface area (Å²) in [5.41, 5.74) is 7.29. The molecule has 7 heteroatoms. The minimum Gasteiger partial charge on any atom is -0.493 e. The zero-order chi connectivity index (χ0) is 19.8. The normalized spacial score (nSPS) is 10.3. The lowest BCUT2D eigenvalue weighted by molar-refractivity contribution is -0.119. The topological polar surface area (TPSA) is 90.6 Å². The number of unbranched alkanes of at least 4 members (excludes halogenated alkanes) is 1. The molecule has 2 amide bonds. The SMILES string of the molecule is CCCCc1ccc(NC(=O)c2cc(Cl)c(OCC(N)=O)c(OC)c2)cc1. The fourth-order valence-electron chi connectivity index (χ4n) is 2.47. The van der Waals surface area contributed by atoms with Gasteiger partial charge in [-0.3, -0.25) is 9.59 Å². The first-order valence-electron chi connectivity index (χ1n) is 8.63. The van der Waals surface area contributed by atoms with E-state index in [1.807, 2.05) is 24.3 Å². The van der Waals surface area contributed by atoms with Crippen LogP contribution in [-0.2, 0) is 11.2 Å². The Morgan fingerprint density at radius 1 is 1.19 bits per heavy atom. The lowest BCUT2D eigenvalue weighted by Gasteiger charge is -2.13. The lowest BCUT2D eigenvalue weighted by atomic mass is 10.1. The van der Waals surface area contributed by atoms with E-state index in [0.29, 0.717) is 11.3 Å². The van der Waals surface area contributed by atoms with Crippen LogP contribution in [0.15, 0.2) is 36.4 Å². The predicted molar refractivity (Wildman–Crippen MR) is 106 cm³/mol. The van der Waals surface area contributed by atoms with Gasteiger partial charge in [0.05, 0.1) is 12.1 Å². The van der Waals surface area contributed by atoms with Gasteiger partial charge in [-0.05, 0) is 42.7 Å². The summed E-state index contributed by atoms with van der Waals surface area (Å²) < 4.78 is 10.5. The lowest BCUT2D eigenvalue weighted by Crippen LogP contribution is -2.20. The molecule has 2 rings (SSSR count). The number of amides is 2. The average Bonchev–Trinajstić information content (AvgIpc) is 2.65. The summed E-state index contributed by atoms with van der Waals surface area (Å²) in [5.74, 6) is -0.575. The molecule has 6 nitrogen and oxygen atoms in total. The summed E-state index contributed by atoms with van der Waals surface area (Å²) >= 11 is 6.18. The van der Waals surface area contributed by atoms with E-state index in [4.69, 9.17) is 26.8 Å². The van der Waals surface area contributed by atoms with Crippen LogP contribution in [0.2, 0.25) is 5.02 Å². The number of carbonyl (C=O) groups excluding carboxylic acids is 2. The highest BCUT2D eigenvalue weighted by Crippen LogP contribution is 2.36. The van der Waals surface area contributed by atoms with Crippen LogP contribution in [-0.4, -0.2) is 25.5 Å². The second kappa shape index (κ2) is 9.83. The van der Waals surface area contributed by atoms with Crippen molar-refractivity contribution in [2.75, 3.05) is 19.0 Å². The number of nitrogens with two attached hydrogens (primary N) is 1. The molecule has 0 bridgehead atoms. The Morgan fingerprint density at radius 2 is 1.89 bits per heavy atom. The van der Waals surface area contributed by atoms with Gasteiger partial charge < -0.3 is 20.5 Å². The molecule has 0 unspecified atom stereocenters. The van der Waals surface area contributed by atoms with Crippen LogP contribution in [0, 0.1) is 0 Å². The standard InChI is InChI=1S/C20H23ClN2O4/c1-3-4-5-13-6-8-15(9-7-13)23-20(25)14-10-16(21)19(17(11-14)26-2)27-12-18(22)24/h6-11H,3-5,12H2,1-2H3,(H2,22,24)(H,23,25). The predicted octanol–water partition coefficient (Wildman–Crippen LogP) is 3.81. The van der Waals surface area contributed by atoms with Crippen LogP contribution in [0.4, 0.5) is 5.69 Å². The van der Waals surface area contributed by atoms with E-state index in [1.54, 1.807) is 0 Å². The first-order chi connectivity index (χ1) is 12.9. The first kappa shape index (κ1) is 20.6. The van der Waals surface area contributed by atoms with Crippen molar-refractivity contribution >= 4 is 29.1 Å². The van der Waals surface area contributed by atoms with E-state index in [2.05, 4.69) is 12.2 Å². The second-order valence-corrected chi connectivity index (χ2v) is 6.41. The summed E-state index contributed by atoms with van der Waals surface area (Å²) in [7, 11) is 1.42. The van der Waals surface area contributed by atoms with E-state index in [0.717, 1.165) is 19.3 Å². The molecular weight excluding hydrogens is 368 g/mol. The van der Waals surface area contributed by atoms with Gasteiger partial charge in [-0.2, -0.15) is 0 Å². The Morgan fingerprint density at radius 3 is 2.48 bits per heavy atom. The van der Waals surface area contributed by atoms with Crippen molar-refractivity contribution < 1.29 is 19.1 Å². The van der Waals surface area contributed by atoms with Crippen molar-refractivity contribution in [3.63, 3.8) is 0 Å². The Bertz CT molecular complexity index is 806. The third kappa shape index (κ3) is 5.89. The van der Waals surface area contributed by atoms with Crippen molar-refractivity contribution in [3.8, 4) is 11.5 Å². The molecule has 0 aliphatic heterocycles. The van der Waals surface area contributed by atoms with E-state index >= 15 is 0 Å². The van der Waals surface area contributed by atoms with Crippen molar-refractivity contribution in [3.05, 3.63) is 52.5 Å². The molecule has 2 aromatic rings. The fourth-order valence-corrected chi connectivity index (χ4v) is 2.74. The molecule has 2 aromatic carbocycles. The number of hydrogen-bond acceptors (Lipinski definition) is 4. The number of hydrogen-bond donors (Lipinski definition) is 2. The molecule has 27 heavy (non-hydrogen) atoms. The number of carbonyl (C=O) groups is 2. The van der Waals surface area contributed by atoms with E-state index in [9.17, 15) is 9.59 Å². The number of aryl methyl sites for hydroxylation is 1. The maximum atomic E-state index is 12.5. The van der Waals surface area contributed by atoms with Gasteiger partial charge in [0.2, 0.25) is 0 Å². The molecule has 0 aromatic heterocycles. The molecule has 0 fully saturated rings. The maximum absolute atomic E-state index is 12.5. The third-order valence-electron chi connectivity index (χ3n) is 3.88. The molecule has 0 radical (unpaired) electrons. The van der Waals surface area contributed by atoms with E-state index < -0.39 is 5.91 Å². The Balaban J connectivity index is 2.13. The van der Waals surface area contributed by atoms with Gasteiger partial charge in [0.25, 0.3) is 11.8 Å². The highest BCUT2D eigenvalue weighted by Gasteiger charge is 2.17. The minimum absolute atomic E-state index is 0.149. The number of nitrogens with one attached hydrogen (secondary N) is 1. The van der Waals surface area contributed by atoms with Crippen LogP contribution >= 0.6 is 11.6 Å². The summed E-state index contributed by atoms with van der Waals surface area (Å²) in [6.07, 6.45) is 3.29. The molecule has 3 N–H and O–H groups in total. The number of rotatable bonds is 9. The van der Waals surface area contributed by atoms with Crippen LogP contribution in [0.1, 0.15) is 35.7 Å². The van der Waals surface area contributed by atoms with Crippen molar-refractivity contribution in [2.45, 2.75) is 26.2 Å². The summed E-state index contributed by atoms with van der Waals surface area (Å²) in [5, 5.41) is 2.97. The third-order valence-corrected chi connectivity index (χ3v) is 4.16. The van der Waals surface area contributed by atoms with Crippen LogP contribution in [0.25, 0.3) is 0 Å². The molecule has 0 saturated carbocycles. The number of anilines is 1. The zero-order valence-corrected chi connectivity index (χ0v) is 16.1. The Labute approximate surface area is 163 Å². The van der Waals surface area contributed by atoms with E-state index in [-0.39, 0.29) is 29.0 Å². The fraction of sp³-hybridized carbons (Fsp3) is 0.300. The largest absolute Gasteiger partial charge is 0.493 e. The quantitative estimate of drug-likeness (QED) is 0.681. The Hall–Kier alpha value is -2.73. The molecular formula is C20H23ClN2O4. The van der Waals surface area contributed by atoms with Gasteiger partial charge in [0, 0.05) is 11.3 Å². The molecule has 0 heterocycles. The monoisotopic (exact) mass is 390 g/mol. The van der Waals surface area contributed by atoms with Gasteiger partial charge in [-0.25, -0.2) is 0 Å². The van der Waals surface area contributed by atoms with Gasteiger partial charge >= 0.3 is 0 Å². The van der Waals surface area contributed by atoms with Crippen LogP contribution in [0.3, 0.4) is 0 Å². The minimum atomic E-state index is -0.641. The second-order valence-electron chi connectivity index (χ2n) is 6.00. The van der Waals surface area contributed by atoms with Gasteiger partial charge in [0.1, 0.15) is 0 Å². The van der Waals surface area contributed by atoms with Gasteiger partial charge in [-0.15, -0.1) is 0 Å². The highest BCUT2D eigenvalue weighted by molar-refractivity contribution is 6.32. The molecule has 0 aliphatic carbocycles. The van der Waals surface area contributed by atoms with Gasteiger partial charge in [0.15, 0.2) is 18.1 Å². The number of methoxy groups -OCH3 is 1. The molecule has 0 spiro atoms. The van der Waals surface area contributed by atoms with Crippen LogP contribution in [0.5, 0.6) is 11.5 Å². The summed E-state index contributed by atoms with van der Waals surface area (Å²) in [4.78, 5) is 23.4. The number of benzene rings is 2. The molecule has 0 aliphatic rings. The smallest absolute Gasteiger partial charge is 0.255 e. The van der Waals surface area contributed by atoms with Crippen molar-refractivity contribution in [1.82, 2.24) is 0 Å². The molecule has 0 saturated heterocycles. The van der Waals surface area contributed by atoms with Gasteiger partial charge in [-0.1, -0.05) is 37.1 Å². The average molecular weight is 391 g/mol. The van der Waals surface area contributed by atoms with Crippen molar-refractivity contribution in [2.24, 2.45) is 5.73 Å². The zero-order valence-electron chi connectivity index (χ0n) is 15.4. The summed E-state index contributed by atoms with van der Waals surface area (Å²) in [6, 6.07) is 10.7. The maximum Gasteiger partial charge on any atom is 0.255 e. The molecule has 0 atom stereocenters. The number of ether oxygens (including phenoxy) is 2. The van der Waals surface area contributed by atoms with Crippen LogP contribution < -0.4 is 20.5 Å². The van der Waals surface area contributed by atoms with E-state index in [1.165, 1.54) is 24.8 Å².